The van der Waals surface area contributed by atoms with E-state index in [0.717, 1.165) is 19.3 Å². The summed E-state index contributed by atoms with van der Waals surface area (Å²) < 4.78 is 0. The fourth-order valence-electron chi connectivity index (χ4n) is 1.10. The Morgan fingerprint density at radius 3 is 3.00 bits per heavy atom. The highest BCUT2D eigenvalue weighted by Gasteiger charge is 2.03. The standard InChI is InChI=1S/C9H14OS/c1-2-4-8(10)7-9-5-3-6-11-9/h3,5-6,8,10H,2,4,7H2,1H3/t8-/m0/s1. The van der Waals surface area contributed by atoms with Gasteiger partial charge in [-0.05, 0) is 17.9 Å². The maximum absolute atomic E-state index is 9.43. The van der Waals surface area contributed by atoms with E-state index in [-0.39, 0.29) is 6.10 Å². The summed E-state index contributed by atoms with van der Waals surface area (Å²) in [4.78, 5) is 1.28. The van der Waals surface area contributed by atoms with Crippen molar-refractivity contribution < 1.29 is 5.11 Å². The van der Waals surface area contributed by atoms with Crippen molar-refractivity contribution in [1.82, 2.24) is 0 Å². The van der Waals surface area contributed by atoms with Gasteiger partial charge in [-0.15, -0.1) is 11.3 Å². The summed E-state index contributed by atoms with van der Waals surface area (Å²) >= 11 is 1.72. The molecule has 0 saturated heterocycles. The van der Waals surface area contributed by atoms with Crippen LogP contribution in [0.25, 0.3) is 0 Å². The molecule has 0 amide bonds. The smallest absolute Gasteiger partial charge is 0.0588 e. The Labute approximate surface area is 71.7 Å². The zero-order chi connectivity index (χ0) is 8.10. The third-order valence-electron chi connectivity index (χ3n) is 1.64. The first kappa shape index (κ1) is 8.75. The predicted molar refractivity (Wildman–Crippen MR) is 48.9 cm³/mol. The number of rotatable bonds is 4. The molecule has 1 N–H and O–H groups in total. The third-order valence-corrected chi connectivity index (χ3v) is 2.54. The molecule has 11 heavy (non-hydrogen) atoms. The van der Waals surface area contributed by atoms with Crippen LogP contribution in [0.5, 0.6) is 0 Å². The molecule has 1 rings (SSSR count). The van der Waals surface area contributed by atoms with Gasteiger partial charge in [-0.1, -0.05) is 19.4 Å². The maximum atomic E-state index is 9.43. The summed E-state index contributed by atoms with van der Waals surface area (Å²) in [5, 5.41) is 11.5. The minimum Gasteiger partial charge on any atom is -0.393 e. The van der Waals surface area contributed by atoms with E-state index in [1.165, 1.54) is 4.88 Å². The van der Waals surface area contributed by atoms with Crippen molar-refractivity contribution >= 4 is 11.3 Å². The molecule has 0 spiro atoms. The van der Waals surface area contributed by atoms with Gasteiger partial charge in [0.25, 0.3) is 0 Å². The second-order valence-corrected chi connectivity index (χ2v) is 3.76. The lowest BCUT2D eigenvalue weighted by Gasteiger charge is -2.05. The largest absolute Gasteiger partial charge is 0.393 e. The minimum absolute atomic E-state index is 0.140. The lowest BCUT2D eigenvalue weighted by atomic mass is 10.1. The van der Waals surface area contributed by atoms with Crippen LogP contribution in [0, 0.1) is 0 Å². The molecular weight excluding hydrogens is 156 g/mol. The Balaban J connectivity index is 2.31. The quantitative estimate of drug-likeness (QED) is 0.736. The van der Waals surface area contributed by atoms with E-state index in [4.69, 9.17) is 0 Å². The average Bonchev–Trinajstić information content (AvgIpc) is 2.40. The Morgan fingerprint density at radius 1 is 1.64 bits per heavy atom. The normalized spacial score (nSPS) is 13.3. The van der Waals surface area contributed by atoms with E-state index in [9.17, 15) is 5.11 Å². The van der Waals surface area contributed by atoms with E-state index in [1.54, 1.807) is 11.3 Å². The number of thiophene rings is 1. The van der Waals surface area contributed by atoms with Crippen LogP contribution in [0.2, 0.25) is 0 Å². The molecule has 1 aromatic rings. The van der Waals surface area contributed by atoms with Crippen molar-refractivity contribution in [2.45, 2.75) is 32.3 Å². The summed E-state index contributed by atoms with van der Waals surface area (Å²) in [6.45, 7) is 2.09. The molecule has 1 heterocycles. The second-order valence-electron chi connectivity index (χ2n) is 2.73. The van der Waals surface area contributed by atoms with Crippen molar-refractivity contribution in [3.63, 3.8) is 0 Å². The number of aliphatic hydroxyl groups is 1. The van der Waals surface area contributed by atoms with Gasteiger partial charge in [0.1, 0.15) is 0 Å². The first-order chi connectivity index (χ1) is 5.33. The molecule has 0 aliphatic carbocycles. The summed E-state index contributed by atoms with van der Waals surface area (Å²) in [6, 6.07) is 4.10. The van der Waals surface area contributed by atoms with E-state index in [1.807, 2.05) is 11.4 Å². The monoisotopic (exact) mass is 170 g/mol. The van der Waals surface area contributed by atoms with Gasteiger partial charge in [0.15, 0.2) is 0 Å². The molecule has 0 bridgehead atoms. The molecule has 0 fully saturated rings. The van der Waals surface area contributed by atoms with Gasteiger partial charge in [0.2, 0.25) is 0 Å². The topological polar surface area (TPSA) is 20.2 Å². The molecule has 1 aromatic heterocycles. The van der Waals surface area contributed by atoms with Crippen molar-refractivity contribution in [3.8, 4) is 0 Å². The van der Waals surface area contributed by atoms with Crippen LogP contribution < -0.4 is 0 Å². The van der Waals surface area contributed by atoms with Crippen LogP contribution in [0.4, 0.5) is 0 Å². The average molecular weight is 170 g/mol. The lowest BCUT2D eigenvalue weighted by molar-refractivity contribution is 0.165. The number of hydrogen-bond acceptors (Lipinski definition) is 2. The molecular formula is C9H14OS. The van der Waals surface area contributed by atoms with Gasteiger partial charge >= 0.3 is 0 Å². The van der Waals surface area contributed by atoms with Crippen LogP contribution in [0.1, 0.15) is 24.6 Å². The summed E-state index contributed by atoms with van der Waals surface area (Å²) in [5.74, 6) is 0. The molecule has 0 radical (unpaired) electrons. The molecule has 0 saturated carbocycles. The first-order valence-electron chi connectivity index (χ1n) is 4.03. The van der Waals surface area contributed by atoms with Crippen molar-refractivity contribution in [2.75, 3.05) is 0 Å². The predicted octanol–water partition coefficient (Wildman–Crippen LogP) is 2.45. The number of aliphatic hydroxyl groups excluding tert-OH is 1. The molecule has 0 unspecified atom stereocenters. The Hall–Kier alpha value is -0.340. The van der Waals surface area contributed by atoms with Crippen LogP contribution in [-0.4, -0.2) is 11.2 Å². The van der Waals surface area contributed by atoms with Gasteiger partial charge in [-0.2, -0.15) is 0 Å². The van der Waals surface area contributed by atoms with Crippen LogP contribution in [0.15, 0.2) is 17.5 Å². The Morgan fingerprint density at radius 2 is 2.45 bits per heavy atom. The van der Waals surface area contributed by atoms with Gasteiger partial charge < -0.3 is 5.11 Å². The highest BCUT2D eigenvalue weighted by molar-refractivity contribution is 7.09. The van der Waals surface area contributed by atoms with Gasteiger partial charge in [0, 0.05) is 11.3 Å². The first-order valence-corrected chi connectivity index (χ1v) is 4.91. The molecule has 1 nitrogen and oxygen atoms in total. The Bertz CT molecular complexity index is 181. The Kier molecular flexibility index (Phi) is 3.60. The molecule has 0 aromatic carbocycles. The van der Waals surface area contributed by atoms with Crippen LogP contribution in [-0.2, 0) is 6.42 Å². The fourth-order valence-corrected chi connectivity index (χ4v) is 1.87. The van der Waals surface area contributed by atoms with Gasteiger partial charge in [-0.3, -0.25) is 0 Å². The van der Waals surface area contributed by atoms with Gasteiger partial charge in [-0.25, -0.2) is 0 Å². The molecule has 1 atom stereocenters. The van der Waals surface area contributed by atoms with Crippen molar-refractivity contribution in [3.05, 3.63) is 22.4 Å². The molecule has 2 heteroatoms. The number of hydrogen-bond donors (Lipinski definition) is 1. The molecule has 62 valence electrons. The zero-order valence-corrected chi connectivity index (χ0v) is 7.60. The molecule has 0 aliphatic heterocycles. The third kappa shape index (κ3) is 3.04. The second kappa shape index (κ2) is 4.52. The lowest BCUT2D eigenvalue weighted by Crippen LogP contribution is -2.08. The van der Waals surface area contributed by atoms with E-state index in [2.05, 4.69) is 13.0 Å². The van der Waals surface area contributed by atoms with E-state index < -0.39 is 0 Å². The van der Waals surface area contributed by atoms with Crippen molar-refractivity contribution in [1.29, 1.82) is 0 Å². The van der Waals surface area contributed by atoms with Crippen LogP contribution >= 0.6 is 11.3 Å². The van der Waals surface area contributed by atoms with E-state index >= 15 is 0 Å². The van der Waals surface area contributed by atoms with Crippen molar-refractivity contribution in [2.24, 2.45) is 0 Å². The minimum atomic E-state index is -0.140. The summed E-state index contributed by atoms with van der Waals surface area (Å²) in [7, 11) is 0. The van der Waals surface area contributed by atoms with E-state index in [0.29, 0.717) is 0 Å². The molecule has 0 aliphatic rings. The zero-order valence-electron chi connectivity index (χ0n) is 6.79. The highest BCUT2D eigenvalue weighted by Crippen LogP contribution is 2.12. The van der Waals surface area contributed by atoms with Gasteiger partial charge in [0.05, 0.1) is 6.10 Å². The highest BCUT2D eigenvalue weighted by atomic mass is 32.1. The van der Waals surface area contributed by atoms with Crippen LogP contribution in [0.3, 0.4) is 0 Å². The maximum Gasteiger partial charge on any atom is 0.0588 e. The SMILES string of the molecule is CCC[C@H](O)Cc1cccs1. The summed E-state index contributed by atoms with van der Waals surface area (Å²) in [6.07, 6.45) is 2.66. The summed E-state index contributed by atoms with van der Waals surface area (Å²) in [5.41, 5.74) is 0. The fraction of sp³-hybridized carbons (Fsp3) is 0.556.